The van der Waals surface area contributed by atoms with Crippen LogP contribution < -0.4 is 10.4 Å². The molecule has 38 heavy (non-hydrogen) atoms. The summed E-state index contributed by atoms with van der Waals surface area (Å²) in [5.41, 5.74) is 0.0625. The Morgan fingerprint density at radius 2 is 1.63 bits per heavy atom. The van der Waals surface area contributed by atoms with Gasteiger partial charge in [-0.25, -0.2) is 9.87 Å². The monoisotopic (exact) mass is 542 g/mol. The summed E-state index contributed by atoms with van der Waals surface area (Å²) in [7, 11) is 0. The van der Waals surface area contributed by atoms with Crippen LogP contribution in [0.15, 0.2) is 18.2 Å². The molecule has 0 spiro atoms. The zero-order valence-corrected chi connectivity index (χ0v) is 22.3. The van der Waals surface area contributed by atoms with Gasteiger partial charge in [-0.15, -0.1) is 0 Å². The third-order valence-corrected chi connectivity index (χ3v) is 8.45. The molecule has 0 aliphatic carbocycles. The Bertz CT molecular complexity index is 1030. The molecule has 3 heterocycles. The van der Waals surface area contributed by atoms with Crippen LogP contribution in [0.1, 0.15) is 69.9 Å². The number of nitrogens with zero attached hydrogens (tertiary/aromatic N) is 3. The van der Waals surface area contributed by atoms with Crippen LogP contribution in [0.4, 0.5) is 23.2 Å². The Morgan fingerprint density at radius 1 is 1.00 bits per heavy atom. The average Bonchev–Trinajstić information content (AvgIpc) is 3.31. The second-order valence-electron chi connectivity index (χ2n) is 11.9. The molecule has 7 nitrogen and oxygen atoms in total. The van der Waals surface area contributed by atoms with Crippen molar-refractivity contribution in [3.63, 3.8) is 0 Å². The maximum atomic E-state index is 15.7. The van der Waals surface area contributed by atoms with E-state index in [1.54, 1.807) is 10.4 Å². The van der Waals surface area contributed by atoms with E-state index in [1.165, 1.54) is 12.1 Å². The van der Waals surface area contributed by atoms with Gasteiger partial charge < -0.3 is 9.80 Å². The molecule has 0 aromatic heterocycles. The van der Waals surface area contributed by atoms with Crippen molar-refractivity contribution in [2.75, 3.05) is 44.2 Å². The van der Waals surface area contributed by atoms with E-state index in [0.717, 1.165) is 11.6 Å². The smallest absolute Gasteiger partial charge is 0.371 e. The topological polar surface area (TPSA) is 76.1 Å². The van der Waals surface area contributed by atoms with Crippen LogP contribution in [0.2, 0.25) is 0 Å². The van der Waals surface area contributed by atoms with Crippen LogP contribution in [-0.4, -0.2) is 77.3 Å². The summed E-state index contributed by atoms with van der Waals surface area (Å²) in [5.74, 6) is -1.43. The lowest BCUT2D eigenvalue weighted by Gasteiger charge is -2.39. The van der Waals surface area contributed by atoms with E-state index in [2.05, 4.69) is 0 Å². The van der Waals surface area contributed by atoms with Crippen LogP contribution in [0.25, 0.3) is 0 Å². The molecule has 1 aromatic rings. The number of amides is 2. The summed E-state index contributed by atoms with van der Waals surface area (Å²) >= 11 is 0. The van der Waals surface area contributed by atoms with Gasteiger partial charge in [0.2, 0.25) is 11.6 Å². The lowest BCUT2D eigenvalue weighted by Crippen LogP contribution is -2.51. The predicted molar refractivity (Wildman–Crippen MR) is 135 cm³/mol. The van der Waals surface area contributed by atoms with Crippen LogP contribution >= 0.6 is 0 Å². The van der Waals surface area contributed by atoms with Crippen molar-refractivity contribution in [3.05, 3.63) is 29.3 Å². The molecule has 3 aliphatic rings. The molecule has 0 unspecified atom stereocenters. The minimum atomic E-state index is -4.49. The highest BCUT2D eigenvalue weighted by Gasteiger charge is 2.49. The number of carbonyl (C=O) groups excluding carboxylic acids is 2. The van der Waals surface area contributed by atoms with Gasteiger partial charge in [0, 0.05) is 62.8 Å². The number of rotatable bonds is 4. The first-order valence-electron chi connectivity index (χ1n) is 13.4. The number of hydroxylamine groups is 1. The fraction of sp³-hybridized carbons (Fsp3) is 0.704. The Kier molecular flexibility index (Phi) is 8.01. The number of halogens is 4. The summed E-state index contributed by atoms with van der Waals surface area (Å²) in [6.45, 7) is 8.07. The van der Waals surface area contributed by atoms with Gasteiger partial charge in [-0.1, -0.05) is 6.07 Å². The highest BCUT2D eigenvalue weighted by Crippen LogP contribution is 2.41. The van der Waals surface area contributed by atoms with Gasteiger partial charge in [-0.2, -0.15) is 13.2 Å². The first kappa shape index (κ1) is 28.6. The third-order valence-electron chi connectivity index (χ3n) is 8.45. The maximum Gasteiger partial charge on any atom is 0.416 e. The summed E-state index contributed by atoms with van der Waals surface area (Å²) in [4.78, 5) is 30.4. The van der Waals surface area contributed by atoms with E-state index in [4.69, 9.17) is 5.21 Å². The molecule has 1 aromatic carbocycles. The molecule has 2 N–H and O–H groups in total. The number of likely N-dealkylation sites (tertiary alicyclic amines) is 2. The molecule has 4 rings (SSSR count). The first-order chi connectivity index (χ1) is 17.7. The Hall–Kier alpha value is -2.40. The summed E-state index contributed by atoms with van der Waals surface area (Å²) in [6, 6.07) is 3.80. The van der Waals surface area contributed by atoms with Crippen molar-refractivity contribution in [2.24, 2.45) is 5.92 Å². The van der Waals surface area contributed by atoms with Crippen molar-refractivity contribution < 1.29 is 32.4 Å². The first-order valence-corrected chi connectivity index (χ1v) is 13.4. The molecule has 3 fully saturated rings. The van der Waals surface area contributed by atoms with Crippen molar-refractivity contribution >= 4 is 17.5 Å². The number of alkyl halides is 4. The van der Waals surface area contributed by atoms with Gasteiger partial charge in [0.1, 0.15) is 0 Å². The van der Waals surface area contributed by atoms with E-state index < -0.39 is 35.1 Å². The van der Waals surface area contributed by atoms with E-state index in [9.17, 15) is 22.8 Å². The van der Waals surface area contributed by atoms with Crippen molar-refractivity contribution in [1.82, 2.24) is 15.3 Å². The highest BCUT2D eigenvalue weighted by atomic mass is 19.4. The van der Waals surface area contributed by atoms with Crippen LogP contribution in [0.5, 0.6) is 0 Å². The second-order valence-corrected chi connectivity index (χ2v) is 11.9. The zero-order chi connectivity index (χ0) is 27.9. The fourth-order valence-electron chi connectivity index (χ4n) is 6.01. The standard InChI is InChI=1S/C27H38F4N4O3/c1-25(2,3)35-15-10-26(28,17-35)24(37)34-13-6-18(7-14-34)21-5-4-20(27(29,30)31)16-22(21)33-11-8-19(9-12-33)23(36)32-38/h4-5,16,18-19,38H,6-15,17H2,1-3H3,(H,32,36)/t26-/m1/s1. The van der Waals surface area contributed by atoms with Gasteiger partial charge in [-0.3, -0.25) is 19.7 Å². The van der Waals surface area contributed by atoms with E-state index in [-0.39, 0.29) is 24.4 Å². The quantitative estimate of drug-likeness (QED) is 0.336. The number of benzene rings is 1. The van der Waals surface area contributed by atoms with E-state index in [1.807, 2.05) is 30.6 Å². The zero-order valence-electron chi connectivity index (χ0n) is 22.3. The van der Waals surface area contributed by atoms with Gasteiger partial charge in [0.25, 0.3) is 5.91 Å². The Morgan fingerprint density at radius 3 is 2.16 bits per heavy atom. The normalized spacial score (nSPS) is 24.6. The van der Waals surface area contributed by atoms with Gasteiger partial charge in [0.15, 0.2) is 0 Å². The van der Waals surface area contributed by atoms with Crippen LogP contribution in [0.3, 0.4) is 0 Å². The molecule has 1 atom stereocenters. The molecular weight excluding hydrogens is 504 g/mol. The summed E-state index contributed by atoms with van der Waals surface area (Å²) in [6.07, 6.45) is -2.43. The molecule has 3 saturated heterocycles. The van der Waals surface area contributed by atoms with Gasteiger partial charge in [0.05, 0.1) is 5.56 Å². The van der Waals surface area contributed by atoms with Crippen molar-refractivity contribution in [1.29, 1.82) is 0 Å². The maximum absolute atomic E-state index is 15.7. The molecule has 11 heteroatoms. The lowest BCUT2D eigenvalue weighted by atomic mass is 9.86. The molecule has 0 radical (unpaired) electrons. The SMILES string of the molecule is CC(C)(C)N1CC[C@](F)(C(=O)N2CCC(c3ccc(C(F)(F)F)cc3N3CCC(C(=O)NO)CC3)CC2)C1. The number of piperidine rings is 2. The average molecular weight is 543 g/mol. The number of anilines is 1. The summed E-state index contributed by atoms with van der Waals surface area (Å²) in [5, 5.41) is 8.91. The van der Waals surface area contributed by atoms with Gasteiger partial charge in [-0.05, 0) is 70.1 Å². The Balaban J connectivity index is 1.47. The molecule has 0 saturated carbocycles. The van der Waals surface area contributed by atoms with Crippen LogP contribution in [0, 0.1) is 5.92 Å². The molecule has 212 valence electrons. The van der Waals surface area contributed by atoms with Crippen molar-refractivity contribution in [3.8, 4) is 0 Å². The molecular formula is C27H38F4N4O3. The van der Waals surface area contributed by atoms with Crippen LogP contribution in [-0.2, 0) is 15.8 Å². The van der Waals surface area contributed by atoms with Gasteiger partial charge >= 0.3 is 6.18 Å². The number of carbonyl (C=O) groups is 2. The fourth-order valence-corrected chi connectivity index (χ4v) is 6.01. The molecule has 0 bridgehead atoms. The summed E-state index contributed by atoms with van der Waals surface area (Å²) < 4.78 is 56.4. The number of nitrogens with one attached hydrogen (secondary N) is 1. The second kappa shape index (κ2) is 10.6. The molecule has 2 amide bonds. The minimum absolute atomic E-state index is 0.0694. The lowest BCUT2D eigenvalue weighted by molar-refractivity contribution is -0.144. The highest BCUT2D eigenvalue weighted by molar-refractivity contribution is 5.86. The minimum Gasteiger partial charge on any atom is -0.371 e. The van der Waals surface area contributed by atoms with E-state index >= 15 is 4.39 Å². The predicted octanol–water partition coefficient (Wildman–Crippen LogP) is 4.35. The van der Waals surface area contributed by atoms with E-state index in [0.29, 0.717) is 64.1 Å². The van der Waals surface area contributed by atoms with Crippen molar-refractivity contribution in [2.45, 2.75) is 76.2 Å². The number of hydrogen-bond acceptors (Lipinski definition) is 5. The number of hydrogen-bond donors (Lipinski definition) is 2. The Labute approximate surface area is 221 Å². The third kappa shape index (κ3) is 5.93. The molecule has 3 aliphatic heterocycles. The largest absolute Gasteiger partial charge is 0.416 e.